The van der Waals surface area contributed by atoms with Gasteiger partial charge in [-0.1, -0.05) is 98.8 Å². The number of rotatable bonds is 8. The topological polar surface area (TPSA) is 135 Å². The van der Waals surface area contributed by atoms with Crippen LogP contribution < -0.4 is 10.2 Å². The lowest BCUT2D eigenvalue weighted by molar-refractivity contribution is -0.163. The highest BCUT2D eigenvalue weighted by Gasteiger charge is 2.72. The van der Waals surface area contributed by atoms with Gasteiger partial charge in [-0.25, -0.2) is 0 Å². The standard InChI is InChI=1S/C42H47N3O8/c1-26(2)22-31(24-46)45-38-40(49)44(30-19-18-27-12-7-8-15-29(27)23-30)21-11-20-42(38)36(39(45)48)35-33(53-42)16-9-10-17-34(47)43-32(25-51-3)37(52-41(35)50)28-13-5-4-6-14-28/h4-9,11-16,18-20,23,26,31-33,35-38,46H,10,17,21-22,24-25H2,1-3H3,(H,43,47)/b16-9-/t31-,32-,33-,35+,36+,37-,38-,42+/m1/s1. The molecule has 0 radical (unpaired) electrons. The average Bonchev–Trinajstić information content (AvgIpc) is 3.55. The van der Waals surface area contributed by atoms with Gasteiger partial charge in [-0.2, -0.15) is 0 Å². The summed E-state index contributed by atoms with van der Waals surface area (Å²) in [6, 6.07) is 20.2. The Morgan fingerprint density at radius 1 is 0.962 bits per heavy atom. The van der Waals surface area contributed by atoms with Gasteiger partial charge in [0, 0.05) is 25.8 Å². The number of nitrogens with zero attached hydrogens (tertiary/aromatic N) is 2. The number of nitrogens with one attached hydrogen (secondary N) is 1. The molecule has 0 aliphatic carbocycles. The maximum absolute atomic E-state index is 15.1. The molecule has 0 unspecified atom stereocenters. The summed E-state index contributed by atoms with van der Waals surface area (Å²) in [5.41, 5.74) is -0.247. The average molecular weight is 722 g/mol. The van der Waals surface area contributed by atoms with Crippen LogP contribution in [0.2, 0.25) is 0 Å². The lowest BCUT2D eigenvalue weighted by Crippen LogP contribution is -2.58. The predicted molar refractivity (Wildman–Crippen MR) is 198 cm³/mol. The van der Waals surface area contributed by atoms with Gasteiger partial charge in [0.15, 0.2) is 0 Å². The fourth-order valence-electron chi connectivity index (χ4n) is 8.62. The largest absolute Gasteiger partial charge is 0.455 e. The van der Waals surface area contributed by atoms with E-state index in [9.17, 15) is 14.7 Å². The Balaban J connectivity index is 1.34. The molecule has 2 saturated heterocycles. The zero-order valence-corrected chi connectivity index (χ0v) is 30.3. The number of esters is 1. The van der Waals surface area contributed by atoms with Crippen LogP contribution in [0.3, 0.4) is 0 Å². The third kappa shape index (κ3) is 6.77. The van der Waals surface area contributed by atoms with Crippen LogP contribution in [0, 0.1) is 17.8 Å². The van der Waals surface area contributed by atoms with Crippen molar-refractivity contribution in [3.63, 3.8) is 0 Å². The second-order valence-electron chi connectivity index (χ2n) is 14.8. The van der Waals surface area contributed by atoms with Crippen molar-refractivity contribution in [1.29, 1.82) is 0 Å². The summed E-state index contributed by atoms with van der Waals surface area (Å²) >= 11 is 0. The van der Waals surface area contributed by atoms with Gasteiger partial charge in [0.25, 0.3) is 5.91 Å². The number of carbonyl (C=O) groups is 4. The summed E-state index contributed by atoms with van der Waals surface area (Å²) < 4.78 is 18.8. The maximum Gasteiger partial charge on any atom is 0.313 e. The quantitative estimate of drug-likeness (QED) is 0.257. The maximum atomic E-state index is 15.1. The third-order valence-electron chi connectivity index (χ3n) is 10.9. The van der Waals surface area contributed by atoms with Crippen molar-refractivity contribution < 1.29 is 38.5 Å². The number of carbonyl (C=O) groups excluding carboxylic acids is 4. The van der Waals surface area contributed by atoms with Crippen molar-refractivity contribution in [2.75, 3.05) is 31.8 Å². The Kier molecular flexibility index (Phi) is 10.5. The minimum absolute atomic E-state index is 0.0659. The Bertz CT molecular complexity index is 1910. The summed E-state index contributed by atoms with van der Waals surface area (Å²) in [6.45, 7) is 3.89. The summed E-state index contributed by atoms with van der Waals surface area (Å²) in [6.07, 6.45) is 6.18. The highest BCUT2D eigenvalue weighted by Crippen LogP contribution is 2.54. The second-order valence-corrected chi connectivity index (χ2v) is 14.8. The lowest BCUT2D eigenvalue weighted by atomic mass is 9.77. The van der Waals surface area contributed by atoms with E-state index in [-0.39, 0.29) is 43.9 Å². The first-order valence-electron chi connectivity index (χ1n) is 18.5. The highest BCUT2D eigenvalue weighted by molar-refractivity contribution is 6.06. The van der Waals surface area contributed by atoms with E-state index < -0.39 is 59.6 Å². The number of likely N-dealkylation sites (tertiary alicyclic amines) is 1. The van der Waals surface area contributed by atoms with Gasteiger partial charge >= 0.3 is 5.97 Å². The molecular weight excluding hydrogens is 674 g/mol. The summed E-state index contributed by atoms with van der Waals surface area (Å²) in [4.78, 5) is 61.1. The number of methoxy groups -OCH3 is 1. The molecule has 7 rings (SSSR count). The number of aliphatic hydroxyl groups excluding tert-OH is 1. The molecule has 0 aromatic heterocycles. The minimum atomic E-state index is -1.55. The van der Waals surface area contributed by atoms with E-state index in [2.05, 4.69) is 5.32 Å². The van der Waals surface area contributed by atoms with Crippen LogP contribution in [0.5, 0.6) is 0 Å². The van der Waals surface area contributed by atoms with E-state index in [1.54, 1.807) is 23.1 Å². The molecule has 1 spiro atoms. The molecule has 278 valence electrons. The van der Waals surface area contributed by atoms with Crippen molar-refractivity contribution in [1.82, 2.24) is 10.2 Å². The molecule has 4 heterocycles. The molecule has 3 aromatic rings. The number of hydrogen-bond acceptors (Lipinski definition) is 8. The smallest absolute Gasteiger partial charge is 0.313 e. The SMILES string of the molecule is COC[C@H]1NC(=O)CC/C=C\[C@H]2O[C@]34C=CCN(c5ccc6ccccc6c5)C(=O)[C@H]3N([C@@H](CO)CC(C)C)C(=O)[C@@H]4[C@H]2C(=O)O[C@@H]1c1ccccc1. The Hall–Kier alpha value is -4.84. The van der Waals surface area contributed by atoms with Crippen LogP contribution in [0.15, 0.2) is 97.1 Å². The molecule has 2 N–H and O–H groups in total. The fourth-order valence-corrected chi connectivity index (χ4v) is 8.62. The van der Waals surface area contributed by atoms with E-state index in [0.29, 0.717) is 24.1 Å². The monoisotopic (exact) mass is 721 g/mol. The number of aliphatic hydroxyl groups is 1. The number of hydrogen-bond donors (Lipinski definition) is 2. The number of allylic oxidation sites excluding steroid dienone is 1. The fraction of sp³-hybridized carbons (Fsp3) is 0.429. The van der Waals surface area contributed by atoms with Crippen LogP contribution in [-0.2, 0) is 33.4 Å². The lowest BCUT2D eigenvalue weighted by Gasteiger charge is -2.39. The van der Waals surface area contributed by atoms with Gasteiger partial charge in [0.2, 0.25) is 11.8 Å². The van der Waals surface area contributed by atoms with Crippen LogP contribution in [-0.4, -0.2) is 90.4 Å². The highest BCUT2D eigenvalue weighted by atomic mass is 16.6. The number of benzene rings is 3. The summed E-state index contributed by atoms with van der Waals surface area (Å²) in [5, 5.41) is 15.8. The number of anilines is 1. The molecule has 0 saturated carbocycles. The van der Waals surface area contributed by atoms with Crippen LogP contribution in [0.4, 0.5) is 5.69 Å². The second kappa shape index (κ2) is 15.3. The molecular formula is C42H47N3O8. The first kappa shape index (κ1) is 36.5. The summed E-state index contributed by atoms with van der Waals surface area (Å²) in [5.74, 6) is -3.92. The molecule has 8 atom stereocenters. The van der Waals surface area contributed by atoms with Crippen molar-refractivity contribution >= 4 is 40.2 Å². The van der Waals surface area contributed by atoms with E-state index in [4.69, 9.17) is 14.2 Å². The Labute approximate surface area is 309 Å². The molecule has 4 aliphatic heterocycles. The van der Waals surface area contributed by atoms with Crippen LogP contribution in [0.1, 0.15) is 44.8 Å². The van der Waals surface area contributed by atoms with E-state index in [1.165, 1.54) is 12.0 Å². The first-order chi connectivity index (χ1) is 25.7. The number of fused-ring (bicyclic) bond motifs is 3. The van der Waals surface area contributed by atoms with Gasteiger partial charge in [-0.05, 0) is 47.2 Å². The molecule has 4 aliphatic rings. The zero-order chi connectivity index (χ0) is 37.3. The molecule has 3 amide bonds. The summed E-state index contributed by atoms with van der Waals surface area (Å²) in [7, 11) is 1.51. The van der Waals surface area contributed by atoms with Crippen molar-refractivity contribution in [2.45, 2.75) is 69.0 Å². The van der Waals surface area contributed by atoms with Crippen LogP contribution in [0.25, 0.3) is 10.8 Å². The van der Waals surface area contributed by atoms with Gasteiger partial charge in [-0.3, -0.25) is 19.2 Å². The third-order valence-corrected chi connectivity index (χ3v) is 10.9. The van der Waals surface area contributed by atoms with Gasteiger partial charge in [0.05, 0.1) is 37.3 Å². The molecule has 3 aromatic carbocycles. The normalized spacial score (nSPS) is 30.1. The zero-order valence-electron chi connectivity index (χ0n) is 30.3. The molecule has 11 heteroatoms. The van der Waals surface area contributed by atoms with Crippen LogP contribution >= 0.6 is 0 Å². The van der Waals surface area contributed by atoms with Crippen molar-refractivity contribution in [2.24, 2.45) is 17.8 Å². The van der Waals surface area contributed by atoms with Gasteiger partial charge < -0.3 is 34.4 Å². The Morgan fingerprint density at radius 3 is 2.45 bits per heavy atom. The molecule has 0 bridgehead atoms. The minimum Gasteiger partial charge on any atom is -0.455 e. The van der Waals surface area contributed by atoms with Crippen molar-refractivity contribution in [3.8, 4) is 0 Å². The van der Waals surface area contributed by atoms with E-state index in [0.717, 1.165) is 10.8 Å². The molecule has 11 nitrogen and oxygen atoms in total. The first-order valence-corrected chi connectivity index (χ1v) is 18.5. The Morgan fingerprint density at radius 2 is 1.72 bits per heavy atom. The predicted octanol–water partition coefficient (Wildman–Crippen LogP) is 4.50. The molecule has 2 fully saturated rings. The van der Waals surface area contributed by atoms with E-state index in [1.807, 2.05) is 92.7 Å². The number of ether oxygens (including phenoxy) is 3. The number of cyclic esters (lactones) is 1. The van der Waals surface area contributed by atoms with Gasteiger partial charge in [-0.15, -0.1) is 0 Å². The van der Waals surface area contributed by atoms with Crippen molar-refractivity contribution in [3.05, 3.63) is 103 Å². The molecule has 53 heavy (non-hydrogen) atoms. The number of amides is 3. The van der Waals surface area contributed by atoms with Gasteiger partial charge in [0.1, 0.15) is 23.7 Å². The van der Waals surface area contributed by atoms with E-state index >= 15 is 9.59 Å².